The number of primary amides is 1. The highest BCUT2D eigenvalue weighted by Crippen LogP contribution is 2.12. The molecule has 0 unspecified atom stereocenters. The predicted molar refractivity (Wildman–Crippen MR) is 56.6 cm³/mol. The van der Waals surface area contributed by atoms with Crippen molar-refractivity contribution < 1.29 is 9.90 Å². The molecule has 0 aromatic carbocycles. The summed E-state index contributed by atoms with van der Waals surface area (Å²) in [6, 6.07) is -0.671. The van der Waals surface area contributed by atoms with E-state index in [-0.39, 0.29) is 5.92 Å². The monoisotopic (exact) mass is 200 g/mol. The zero-order valence-electron chi connectivity index (χ0n) is 9.03. The van der Waals surface area contributed by atoms with Crippen LogP contribution in [0.1, 0.15) is 20.3 Å². The molecule has 14 heavy (non-hydrogen) atoms. The summed E-state index contributed by atoms with van der Waals surface area (Å²) in [7, 11) is 1.61. The molecular formula is C10H20N2O2. The number of carbonyl (C=O) groups excluding carboxylic acids is 1. The number of aliphatic hydroxyl groups excluding tert-OH is 1. The van der Waals surface area contributed by atoms with Crippen LogP contribution in [-0.4, -0.2) is 30.2 Å². The van der Waals surface area contributed by atoms with Gasteiger partial charge in [-0.1, -0.05) is 19.1 Å². The molecule has 0 aliphatic rings. The van der Waals surface area contributed by atoms with Crippen molar-refractivity contribution in [1.29, 1.82) is 0 Å². The lowest BCUT2D eigenvalue weighted by Crippen LogP contribution is -2.50. The highest BCUT2D eigenvalue weighted by molar-refractivity contribution is 5.80. The normalized spacial score (nSPS) is 18.0. The molecule has 0 saturated heterocycles. The van der Waals surface area contributed by atoms with E-state index in [1.54, 1.807) is 7.05 Å². The van der Waals surface area contributed by atoms with Crippen LogP contribution in [0.15, 0.2) is 12.2 Å². The van der Waals surface area contributed by atoms with Crippen LogP contribution in [0.4, 0.5) is 0 Å². The van der Waals surface area contributed by atoms with Gasteiger partial charge in [-0.3, -0.25) is 4.79 Å². The molecule has 0 aromatic heterocycles. The number of nitrogens with two attached hydrogens (primary N) is 1. The quantitative estimate of drug-likeness (QED) is 0.529. The maximum absolute atomic E-state index is 10.9. The lowest BCUT2D eigenvalue weighted by molar-refractivity contribution is -0.123. The summed E-state index contributed by atoms with van der Waals surface area (Å²) in [4.78, 5) is 10.9. The van der Waals surface area contributed by atoms with E-state index in [0.29, 0.717) is 0 Å². The van der Waals surface area contributed by atoms with Crippen molar-refractivity contribution in [3.63, 3.8) is 0 Å². The minimum Gasteiger partial charge on any atom is -0.391 e. The summed E-state index contributed by atoms with van der Waals surface area (Å²) in [5.74, 6) is -0.511. The Morgan fingerprint density at radius 1 is 1.64 bits per heavy atom. The lowest BCUT2D eigenvalue weighted by Gasteiger charge is -2.24. The Balaban J connectivity index is 4.26. The number of likely N-dealkylation sites (N-methyl/N-ethyl adjacent to an activating group) is 1. The molecule has 0 aliphatic carbocycles. The molecule has 4 heteroatoms. The highest BCUT2D eigenvalue weighted by Gasteiger charge is 2.26. The van der Waals surface area contributed by atoms with E-state index in [2.05, 4.69) is 5.32 Å². The summed E-state index contributed by atoms with van der Waals surface area (Å²) in [5.41, 5.74) is 5.14. The molecule has 4 N–H and O–H groups in total. The van der Waals surface area contributed by atoms with Crippen LogP contribution in [0.25, 0.3) is 0 Å². The number of nitrogens with one attached hydrogen (secondary N) is 1. The Kier molecular flexibility index (Phi) is 6.16. The molecule has 0 bridgehead atoms. The van der Waals surface area contributed by atoms with E-state index in [1.807, 2.05) is 26.0 Å². The third kappa shape index (κ3) is 3.89. The van der Waals surface area contributed by atoms with Gasteiger partial charge in [-0.15, -0.1) is 0 Å². The van der Waals surface area contributed by atoms with Gasteiger partial charge in [-0.25, -0.2) is 0 Å². The van der Waals surface area contributed by atoms with Crippen LogP contribution < -0.4 is 11.1 Å². The number of amides is 1. The second kappa shape index (κ2) is 6.56. The van der Waals surface area contributed by atoms with Gasteiger partial charge in [-0.2, -0.15) is 0 Å². The minimum atomic E-state index is -0.742. The fraction of sp³-hybridized carbons (Fsp3) is 0.700. The summed E-state index contributed by atoms with van der Waals surface area (Å²) in [6.07, 6.45) is 3.88. The second-order valence-electron chi connectivity index (χ2n) is 3.44. The van der Waals surface area contributed by atoms with Gasteiger partial charge in [0, 0.05) is 0 Å². The zero-order valence-corrected chi connectivity index (χ0v) is 9.03. The third-order valence-corrected chi connectivity index (χ3v) is 2.29. The molecule has 3 atom stereocenters. The highest BCUT2D eigenvalue weighted by atomic mass is 16.3. The maximum Gasteiger partial charge on any atom is 0.237 e. The maximum atomic E-state index is 10.9. The Labute approximate surface area is 85.2 Å². The molecule has 0 saturated carbocycles. The van der Waals surface area contributed by atoms with Crippen molar-refractivity contribution >= 4 is 5.91 Å². The standard InChI is InChI=1S/C10H20N2O2/c1-4-5-6-7(2)9(13)8(12-3)10(11)14/h4-5,7-9,12-13H,6H2,1-3H3,(H2,11,14)/b5-4+/t7-,8+,9-/m1/s1. The van der Waals surface area contributed by atoms with Crippen molar-refractivity contribution in [1.82, 2.24) is 5.32 Å². The van der Waals surface area contributed by atoms with E-state index < -0.39 is 18.1 Å². The Morgan fingerprint density at radius 3 is 2.57 bits per heavy atom. The fourth-order valence-electron chi connectivity index (χ4n) is 1.30. The molecule has 0 aliphatic heterocycles. The minimum absolute atomic E-state index is 0.0103. The predicted octanol–water partition coefficient (Wildman–Crippen LogP) is 0.0229. The van der Waals surface area contributed by atoms with Gasteiger partial charge >= 0.3 is 0 Å². The molecule has 82 valence electrons. The molecule has 0 aromatic rings. The van der Waals surface area contributed by atoms with Crippen LogP contribution in [0.5, 0.6) is 0 Å². The Bertz CT molecular complexity index is 204. The van der Waals surface area contributed by atoms with Crippen LogP contribution in [0, 0.1) is 5.92 Å². The fourth-order valence-corrected chi connectivity index (χ4v) is 1.30. The second-order valence-corrected chi connectivity index (χ2v) is 3.44. The Hall–Kier alpha value is -0.870. The molecule has 1 amide bonds. The molecule has 0 radical (unpaired) electrons. The van der Waals surface area contributed by atoms with Crippen LogP contribution >= 0.6 is 0 Å². The topological polar surface area (TPSA) is 75.3 Å². The smallest absolute Gasteiger partial charge is 0.237 e. The summed E-state index contributed by atoms with van der Waals surface area (Å²) in [5, 5.41) is 12.5. The molecule has 0 heterocycles. The van der Waals surface area contributed by atoms with Crippen molar-refractivity contribution in [2.75, 3.05) is 7.05 Å². The van der Waals surface area contributed by atoms with Gasteiger partial charge in [0.2, 0.25) is 5.91 Å². The van der Waals surface area contributed by atoms with E-state index in [9.17, 15) is 9.90 Å². The van der Waals surface area contributed by atoms with Gasteiger partial charge in [0.25, 0.3) is 0 Å². The van der Waals surface area contributed by atoms with Crippen LogP contribution in [0.3, 0.4) is 0 Å². The summed E-state index contributed by atoms with van der Waals surface area (Å²) < 4.78 is 0. The van der Waals surface area contributed by atoms with Gasteiger partial charge in [-0.05, 0) is 26.3 Å². The first-order valence-corrected chi connectivity index (χ1v) is 4.80. The van der Waals surface area contributed by atoms with Gasteiger partial charge < -0.3 is 16.2 Å². The molecular weight excluding hydrogens is 180 g/mol. The number of aliphatic hydroxyl groups is 1. The third-order valence-electron chi connectivity index (χ3n) is 2.29. The summed E-state index contributed by atoms with van der Waals surface area (Å²) in [6.45, 7) is 3.81. The van der Waals surface area contributed by atoms with E-state index >= 15 is 0 Å². The van der Waals surface area contributed by atoms with E-state index in [1.165, 1.54) is 0 Å². The average Bonchev–Trinajstić information content (AvgIpc) is 2.14. The van der Waals surface area contributed by atoms with E-state index in [0.717, 1.165) is 6.42 Å². The zero-order chi connectivity index (χ0) is 11.1. The first-order valence-electron chi connectivity index (χ1n) is 4.80. The van der Waals surface area contributed by atoms with Gasteiger partial charge in [0.05, 0.1) is 6.10 Å². The molecule has 4 nitrogen and oxygen atoms in total. The van der Waals surface area contributed by atoms with E-state index in [4.69, 9.17) is 5.73 Å². The SMILES string of the molecule is C/C=C/C[C@@H](C)[C@@H](O)[C@H](NC)C(N)=O. The number of hydrogen-bond donors (Lipinski definition) is 3. The van der Waals surface area contributed by atoms with Gasteiger partial charge in [0.1, 0.15) is 6.04 Å². The summed E-state index contributed by atoms with van der Waals surface area (Å²) >= 11 is 0. The Morgan fingerprint density at radius 2 is 2.21 bits per heavy atom. The molecule has 0 spiro atoms. The van der Waals surface area contributed by atoms with Crippen molar-refractivity contribution in [2.24, 2.45) is 11.7 Å². The number of allylic oxidation sites excluding steroid dienone is 2. The first-order chi connectivity index (χ1) is 6.54. The van der Waals surface area contributed by atoms with Crippen LogP contribution in [0.2, 0.25) is 0 Å². The largest absolute Gasteiger partial charge is 0.391 e. The number of hydrogen-bond acceptors (Lipinski definition) is 3. The van der Waals surface area contributed by atoms with Gasteiger partial charge in [0.15, 0.2) is 0 Å². The lowest BCUT2D eigenvalue weighted by atomic mass is 9.94. The molecule has 0 rings (SSSR count). The molecule has 0 fully saturated rings. The van der Waals surface area contributed by atoms with Crippen LogP contribution in [-0.2, 0) is 4.79 Å². The number of rotatable bonds is 6. The van der Waals surface area contributed by atoms with Crippen molar-refractivity contribution in [3.8, 4) is 0 Å². The van der Waals surface area contributed by atoms with Crippen molar-refractivity contribution in [3.05, 3.63) is 12.2 Å². The average molecular weight is 200 g/mol. The first kappa shape index (κ1) is 13.1. The van der Waals surface area contributed by atoms with Crippen molar-refractivity contribution in [2.45, 2.75) is 32.4 Å². The number of carbonyl (C=O) groups is 1.